The maximum atomic E-state index is 5.42. The molecule has 2 aromatic heterocycles. The van der Waals surface area contributed by atoms with E-state index in [2.05, 4.69) is 33.1 Å². The van der Waals surface area contributed by atoms with Crippen LogP contribution in [-0.4, -0.2) is 41.3 Å². The number of aromatic amines is 1. The summed E-state index contributed by atoms with van der Waals surface area (Å²) in [5, 5.41) is 1.15. The van der Waals surface area contributed by atoms with Crippen molar-refractivity contribution in [3.05, 3.63) is 42.2 Å². The van der Waals surface area contributed by atoms with Gasteiger partial charge in [-0.3, -0.25) is 0 Å². The van der Waals surface area contributed by atoms with Gasteiger partial charge in [-0.2, -0.15) is 0 Å². The first-order chi connectivity index (χ1) is 10.8. The minimum Gasteiger partial charge on any atom is -0.378 e. The van der Waals surface area contributed by atoms with E-state index in [-0.39, 0.29) is 0 Å². The quantitative estimate of drug-likeness (QED) is 0.789. The van der Waals surface area contributed by atoms with Crippen LogP contribution < -0.4 is 4.90 Å². The Morgan fingerprint density at radius 2 is 2.00 bits per heavy atom. The van der Waals surface area contributed by atoms with Crippen LogP contribution in [0, 0.1) is 6.92 Å². The van der Waals surface area contributed by atoms with Crippen molar-refractivity contribution in [2.24, 2.45) is 0 Å². The number of benzene rings is 1. The van der Waals surface area contributed by atoms with E-state index >= 15 is 0 Å². The standard InChI is InChI=1S/C17H18N4O/c1-12-11-16(21-7-9-22-10-8-21)20-17(19-12)14-3-2-4-15-13(14)5-6-18-15/h2-6,11,18H,7-10H2,1H3. The minimum atomic E-state index is 0.756. The molecule has 0 unspecified atom stereocenters. The number of morpholine rings is 1. The molecule has 0 bridgehead atoms. The zero-order valence-electron chi connectivity index (χ0n) is 12.5. The number of hydrogen-bond donors (Lipinski definition) is 1. The predicted octanol–water partition coefficient (Wildman–Crippen LogP) is 2.77. The highest BCUT2D eigenvalue weighted by Gasteiger charge is 2.15. The minimum absolute atomic E-state index is 0.756. The molecule has 1 saturated heterocycles. The summed E-state index contributed by atoms with van der Waals surface area (Å²) in [4.78, 5) is 15.0. The molecular formula is C17H18N4O. The van der Waals surface area contributed by atoms with Crippen LogP contribution in [0.4, 0.5) is 5.82 Å². The smallest absolute Gasteiger partial charge is 0.162 e. The topological polar surface area (TPSA) is 54.0 Å². The zero-order valence-corrected chi connectivity index (χ0v) is 12.5. The van der Waals surface area contributed by atoms with E-state index in [9.17, 15) is 0 Å². The summed E-state index contributed by atoms with van der Waals surface area (Å²) in [6.45, 7) is 5.29. The molecule has 5 heteroatoms. The first-order valence-corrected chi connectivity index (χ1v) is 7.56. The van der Waals surface area contributed by atoms with E-state index in [0.29, 0.717) is 0 Å². The maximum absolute atomic E-state index is 5.42. The highest BCUT2D eigenvalue weighted by molar-refractivity contribution is 5.93. The Bertz CT molecular complexity index is 805. The Morgan fingerprint density at radius 3 is 2.86 bits per heavy atom. The molecule has 4 rings (SSSR count). The molecule has 22 heavy (non-hydrogen) atoms. The van der Waals surface area contributed by atoms with Crippen molar-refractivity contribution in [1.29, 1.82) is 0 Å². The third kappa shape index (κ3) is 2.33. The van der Waals surface area contributed by atoms with Crippen molar-refractivity contribution < 1.29 is 4.74 Å². The molecule has 3 heterocycles. The monoisotopic (exact) mass is 294 g/mol. The highest BCUT2D eigenvalue weighted by Crippen LogP contribution is 2.27. The normalized spacial score (nSPS) is 15.4. The summed E-state index contributed by atoms with van der Waals surface area (Å²) >= 11 is 0. The van der Waals surface area contributed by atoms with Gasteiger partial charge in [-0.1, -0.05) is 12.1 Å². The largest absolute Gasteiger partial charge is 0.378 e. The van der Waals surface area contributed by atoms with Crippen molar-refractivity contribution in [2.45, 2.75) is 6.92 Å². The molecule has 5 nitrogen and oxygen atoms in total. The van der Waals surface area contributed by atoms with E-state index in [1.807, 2.05) is 25.3 Å². The van der Waals surface area contributed by atoms with Gasteiger partial charge in [0.05, 0.1) is 13.2 Å². The van der Waals surface area contributed by atoms with Gasteiger partial charge < -0.3 is 14.6 Å². The van der Waals surface area contributed by atoms with Crippen molar-refractivity contribution in [1.82, 2.24) is 15.0 Å². The predicted molar refractivity (Wildman–Crippen MR) is 87.1 cm³/mol. The maximum Gasteiger partial charge on any atom is 0.162 e. The lowest BCUT2D eigenvalue weighted by Gasteiger charge is -2.28. The van der Waals surface area contributed by atoms with Crippen LogP contribution >= 0.6 is 0 Å². The molecule has 112 valence electrons. The van der Waals surface area contributed by atoms with Gasteiger partial charge in [-0.05, 0) is 19.1 Å². The van der Waals surface area contributed by atoms with Gasteiger partial charge in [0.1, 0.15) is 5.82 Å². The third-order valence-corrected chi connectivity index (χ3v) is 4.01. The fourth-order valence-electron chi connectivity index (χ4n) is 2.91. The number of ether oxygens (including phenoxy) is 1. The van der Waals surface area contributed by atoms with Crippen LogP contribution in [0.1, 0.15) is 5.69 Å². The highest BCUT2D eigenvalue weighted by atomic mass is 16.5. The molecule has 0 atom stereocenters. The molecule has 3 aromatic rings. The lowest BCUT2D eigenvalue weighted by atomic mass is 10.1. The number of H-pyrrole nitrogens is 1. The van der Waals surface area contributed by atoms with Gasteiger partial charge in [-0.25, -0.2) is 9.97 Å². The number of hydrogen-bond acceptors (Lipinski definition) is 4. The SMILES string of the molecule is Cc1cc(N2CCOCC2)nc(-c2cccc3[nH]ccc23)n1. The third-order valence-electron chi connectivity index (χ3n) is 4.01. The summed E-state index contributed by atoms with van der Waals surface area (Å²) in [6, 6.07) is 10.3. The Kier molecular flexibility index (Phi) is 3.27. The van der Waals surface area contributed by atoms with Gasteiger partial charge in [0.15, 0.2) is 5.82 Å². The first kappa shape index (κ1) is 13.3. The average molecular weight is 294 g/mol. The van der Waals surface area contributed by atoms with Crippen molar-refractivity contribution in [3.63, 3.8) is 0 Å². The van der Waals surface area contributed by atoms with Crippen molar-refractivity contribution in [2.75, 3.05) is 31.2 Å². The van der Waals surface area contributed by atoms with Crippen LogP contribution in [0.2, 0.25) is 0 Å². The summed E-state index contributed by atoms with van der Waals surface area (Å²) in [5.41, 5.74) is 3.16. The number of rotatable bonds is 2. The molecule has 0 amide bonds. The van der Waals surface area contributed by atoms with Gasteiger partial charge in [0.25, 0.3) is 0 Å². The van der Waals surface area contributed by atoms with E-state index < -0.39 is 0 Å². The second-order valence-electron chi connectivity index (χ2n) is 5.54. The molecule has 1 fully saturated rings. The summed E-state index contributed by atoms with van der Waals surface area (Å²) < 4.78 is 5.42. The zero-order chi connectivity index (χ0) is 14.9. The molecule has 0 radical (unpaired) electrons. The molecule has 1 aliphatic heterocycles. The van der Waals surface area contributed by atoms with E-state index in [1.165, 1.54) is 0 Å². The molecule has 0 saturated carbocycles. The summed E-state index contributed by atoms with van der Waals surface area (Å²) in [6.07, 6.45) is 1.95. The lowest BCUT2D eigenvalue weighted by molar-refractivity contribution is 0.122. The van der Waals surface area contributed by atoms with Crippen LogP contribution in [0.5, 0.6) is 0 Å². The molecule has 0 aliphatic carbocycles. The molecule has 0 spiro atoms. The second kappa shape index (κ2) is 5.42. The number of fused-ring (bicyclic) bond motifs is 1. The first-order valence-electron chi connectivity index (χ1n) is 7.56. The molecule has 1 aromatic carbocycles. The van der Waals surface area contributed by atoms with E-state index in [0.717, 1.165) is 60.1 Å². The van der Waals surface area contributed by atoms with Crippen molar-refractivity contribution in [3.8, 4) is 11.4 Å². The van der Waals surface area contributed by atoms with E-state index in [4.69, 9.17) is 9.72 Å². The Morgan fingerprint density at radius 1 is 1.14 bits per heavy atom. The van der Waals surface area contributed by atoms with Gasteiger partial charge in [-0.15, -0.1) is 0 Å². The second-order valence-corrected chi connectivity index (χ2v) is 5.54. The Balaban J connectivity index is 1.81. The Labute approximate surface area is 129 Å². The van der Waals surface area contributed by atoms with Gasteiger partial charge in [0, 0.05) is 47.5 Å². The number of nitrogens with zero attached hydrogens (tertiary/aromatic N) is 3. The van der Waals surface area contributed by atoms with Crippen LogP contribution in [0.3, 0.4) is 0 Å². The molecule has 1 aliphatic rings. The number of aryl methyl sites for hydroxylation is 1. The number of aromatic nitrogens is 3. The van der Waals surface area contributed by atoms with Crippen LogP contribution in [0.15, 0.2) is 36.5 Å². The average Bonchev–Trinajstić information content (AvgIpc) is 3.03. The summed E-state index contributed by atoms with van der Waals surface area (Å²) in [7, 11) is 0. The summed E-state index contributed by atoms with van der Waals surface area (Å²) in [5.74, 6) is 1.77. The molecule has 1 N–H and O–H groups in total. The van der Waals surface area contributed by atoms with Crippen molar-refractivity contribution >= 4 is 16.7 Å². The van der Waals surface area contributed by atoms with Gasteiger partial charge in [0.2, 0.25) is 0 Å². The fourth-order valence-corrected chi connectivity index (χ4v) is 2.91. The van der Waals surface area contributed by atoms with E-state index in [1.54, 1.807) is 0 Å². The van der Waals surface area contributed by atoms with Crippen LogP contribution in [0.25, 0.3) is 22.3 Å². The van der Waals surface area contributed by atoms with Gasteiger partial charge >= 0.3 is 0 Å². The number of anilines is 1. The molecular weight excluding hydrogens is 276 g/mol. The number of nitrogens with one attached hydrogen (secondary N) is 1. The Hall–Kier alpha value is -2.40. The lowest BCUT2D eigenvalue weighted by Crippen LogP contribution is -2.36. The fraction of sp³-hybridized carbons (Fsp3) is 0.294. The van der Waals surface area contributed by atoms with Crippen LogP contribution in [-0.2, 0) is 4.74 Å².